The van der Waals surface area contributed by atoms with Crippen LogP contribution in [-0.4, -0.2) is 45.7 Å². The second-order valence-corrected chi connectivity index (χ2v) is 6.63. The molecular formula is C14H25NO4. The van der Waals surface area contributed by atoms with Crippen LogP contribution in [0.5, 0.6) is 0 Å². The van der Waals surface area contributed by atoms with E-state index in [9.17, 15) is 14.7 Å². The Kier molecular flexibility index (Phi) is 4.96. The first-order chi connectivity index (χ1) is 8.64. The van der Waals surface area contributed by atoms with Crippen LogP contribution in [0.4, 0.5) is 0 Å². The number of carbonyl (C=O) groups excluding carboxylic acids is 1. The van der Waals surface area contributed by atoms with E-state index in [0.717, 1.165) is 12.8 Å². The fourth-order valence-corrected chi connectivity index (χ4v) is 2.27. The average Bonchev–Trinajstić information content (AvgIpc) is 2.27. The first-order valence-electron chi connectivity index (χ1n) is 6.88. The molecule has 0 saturated carbocycles. The van der Waals surface area contributed by atoms with Crippen LogP contribution in [0.25, 0.3) is 0 Å². The van der Waals surface area contributed by atoms with Crippen LogP contribution in [0.2, 0.25) is 0 Å². The van der Waals surface area contributed by atoms with Crippen molar-refractivity contribution in [3.63, 3.8) is 0 Å². The van der Waals surface area contributed by atoms with E-state index < -0.39 is 11.6 Å². The van der Waals surface area contributed by atoms with E-state index in [1.165, 1.54) is 0 Å². The van der Waals surface area contributed by atoms with Crippen LogP contribution in [0, 0.1) is 5.41 Å². The van der Waals surface area contributed by atoms with Crippen molar-refractivity contribution < 1.29 is 19.8 Å². The highest BCUT2D eigenvalue weighted by molar-refractivity contribution is 5.79. The number of carbonyl (C=O) groups is 2. The van der Waals surface area contributed by atoms with Gasteiger partial charge in [-0.15, -0.1) is 0 Å². The lowest BCUT2D eigenvalue weighted by atomic mass is 9.89. The second-order valence-electron chi connectivity index (χ2n) is 6.63. The molecule has 1 heterocycles. The summed E-state index contributed by atoms with van der Waals surface area (Å²) in [4.78, 5) is 24.5. The van der Waals surface area contributed by atoms with Crippen LogP contribution in [0.3, 0.4) is 0 Å². The van der Waals surface area contributed by atoms with Gasteiger partial charge >= 0.3 is 5.97 Å². The van der Waals surface area contributed by atoms with Gasteiger partial charge in [0.15, 0.2) is 5.60 Å². The Hall–Kier alpha value is -1.10. The number of amides is 1. The second kappa shape index (κ2) is 5.90. The van der Waals surface area contributed by atoms with Crippen LogP contribution < -0.4 is 0 Å². The molecule has 1 saturated heterocycles. The number of piperidine rings is 1. The van der Waals surface area contributed by atoms with Crippen molar-refractivity contribution in [1.29, 1.82) is 0 Å². The van der Waals surface area contributed by atoms with Crippen LogP contribution in [0.15, 0.2) is 0 Å². The zero-order valence-electron chi connectivity index (χ0n) is 12.1. The third kappa shape index (κ3) is 4.82. The van der Waals surface area contributed by atoms with E-state index in [0.29, 0.717) is 19.5 Å². The third-order valence-corrected chi connectivity index (χ3v) is 3.66. The van der Waals surface area contributed by atoms with E-state index in [1.807, 2.05) is 0 Å². The maximum absolute atomic E-state index is 12.0. The number of rotatable bonds is 4. The predicted molar refractivity (Wildman–Crippen MR) is 71.7 cm³/mol. The van der Waals surface area contributed by atoms with Gasteiger partial charge < -0.3 is 15.1 Å². The lowest BCUT2D eigenvalue weighted by Crippen LogP contribution is -2.50. The summed E-state index contributed by atoms with van der Waals surface area (Å²) in [5, 5.41) is 18.7. The summed E-state index contributed by atoms with van der Waals surface area (Å²) in [6.07, 6.45) is 2.58. The first kappa shape index (κ1) is 16.0. The average molecular weight is 271 g/mol. The van der Waals surface area contributed by atoms with E-state index in [-0.39, 0.29) is 24.2 Å². The summed E-state index contributed by atoms with van der Waals surface area (Å²) in [6, 6.07) is 0. The smallest absolute Gasteiger partial charge is 0.335 e. The lowest BCUT2D eigenvalue weighted by molar-refractivity contribution is -0.165. The molecule has 110 valence electrons. The maximum Gasteiger partial charge on any atom is 0.335 e. The lowest BCUT2D eigenvalue weighted by Gasteiger charge is -2.35. The fourth-order valence-electron chi connectivity index (χ4n) is 2.27. The molecule has 5 nitrogen and oxygen atoms in total. The molecule has 0 aliphatic carbocycles. The Morgan fingerprint density at radius 3 is 2.16 bits per heavy atom. The highest BCUT2D eigenvalue weighted by Gasteiger charge is 2.40. The summed E-state index contributed by atoms with van der Waals surface area (Å²) in [6.45, 7) is 7.09. The number of likely N-dealkylation sites (tertiary alicyclic amines) is 1. The van der Waals surface area contributed by atoms with Gasteiger partial charge in [-0.05, 0) is 18.3 Å². The molecule has 1 fully saturated rings. The molecule has 5 heteroatoms. The topological polar surface area (TPSA) is 77.8 Å². The number of hydrogen-bond donors (Lipinski definition) is 2. The van der Waals surface area contributed by atoms with Gasteiger partial charge in [-0.3, -0.25) is 4.79 Å². The molecule has 2 N–H and O–H groups in total. The molecule has 19 heavy (non-hydrogen) atoms. The summed E-state index contributed by atoms with van der Waals surface area (Å²) in [7, 11) is 0. The van der Waals surface area contributed by atoms with Crippen molar-refractivity contribution in [2.45, 2.75) is 58.5 Å². The summed E-state index contributed by atoms with van der Waals surface area (Å²) in [5.74, 6) is -1.12. The molecule has 0 aromatic rings. The molecular weight excluding hydrogens is 246 g/mol. The molecule has 1 aliphatic rings. The Morgan fingerprint density at radius 2 is 1.74 bits per heavy atom. The molecule has 1 rings (SSSR count). The predicted octanol–water partition coefficient (Wildman–Crippen LogP) is 1.64. The summed E-state index contributed by atoms with van der Waals surface area (Å²) < 4.78 is 0. The van der Waals surface area contributed by atoms with Gasteiger partial charge in [0.05, 0.1) is 0 Å². The molecule has 0 spiro atoms. The van der Waals surface area contributed by atoms with Crippen molar-refractivity contribution in [1.82, 2.24) is 4.90 Å². The van der Waals surface area contributed by atoms with Crippen LogP contribution in [-0.2, 0) is 9.59 Å². The summed E-state index contributed by atoms with van der Waals surface area (Å²) in [5.41, 5.74) is -1.42. The zero-order chi connectivity index (χ0) is 14.7. The third-order valence-electron chi connectivity index (χ3n) is 3.66. The normalized spacial score (nSPS) is 19.3. The molecule has 0 unspecified atom stereocenters. The molecule has 0 atom stereocenters. The van der Waals surface area contributed by atoms with Crippen molar-refractivity contribution >= 4 is 11.9 Å². The minimum atomic E-state index is -1.65. The Balaban J connectivity index is 2.35. The van der Waals surface area contributed by atoms with Crippen molar-refractivity contribution in [2.75, 3.05) is 13.1 Å². The number of aliphatic hydroxyl groups is 1. The molecule has 1 amide bonds. The number of nitrogens with zero attached hydrogens (tertiary/aromatic N) is 1. The van der Waals surface area contributed by atoms with E-state index in [2.05, 4.69) is 20.8 Å². The highest BCUT2D eigenvalue weighted by Crippen LogP contribution is 2.25. The minimum Gasteiger partial charge on any atom is -0.479 e. The maximum atomic E-state index is 12.0. The zero-order valence-corrected chi connectivity index (χ0v) is 12.1. The molecule has 0 bridgehead atoms. The van der Waals surface area contributed by atoms with Crippen molar-refractivity contribution in [2.24, 2.45) is 5.41 Å². The Morgan fingerprint density at radius 1 is 1.21 bits per heavy atom. The fraction of sp³-hybridized carbons (Fsp3) is 0.857. The van der Waals surface area contributed by atoms with Gasteiger partial charge in [0.1, 0.15) is 0 Å². The number of carboxylic acids is 1. The van der Waals surface area contributed by atoms with Gasteiger partial charge in [0.2, 0.25) is 5.91 Å². The quantitative estimate of drug-likeness (QED) is 0.815. The van der Waals surface area contributed by atoms with Gasteiger partial charge in [-0.1, -0.05) is 20.8 Å². The van der Waals surface area contributed by atoms with Gasteiger partial charge in [0, 0.05) is 32.4 Å². The Labute approximate surface area is 114 Å². The van der Waals surface area contributed by atoms with Crippen molar-refractivity contribution in [3.05, 3.63) is 0 Å². The highest BCUT2D eigenvalue weighted by atomic mass is 16.4. The Bertz CT molecular complexity index is 338. The number of hydrogen-bond acceptors (Lipinski definition) is 3. The molecule has 0 aromatic heterocycles. The minimum absolute atomic E-state index is 0.0664. The molecule has 0 radical (unpaired) electrons. The van der Waals surface area contributed by atoms with Crippen LogP contribution in [0.1, 0.15) is 52.9 Å². The molecule has 0 aromatic carbocycles. The standard InChI is InChI=1S/C14H25NO4/c1-13(2,3)6-4-5-11(16)15-9-7-14(19,8-10-15)12(17)18/h19H,4-10H2,1-3H3,(H,17,18). The van der Waals surface area contributed by atoms with Crippen molar-refractivity contribution in [3.8, 4) is 0 Å². The van der Waals surface area contributed by atoms with E-state index in [1.54, 1.807) is 4.90 Å². The molecule has 1 aliphatic heterocycles. The number of carboxylic acid groups (broad SMARTS) is 1. The monoisotopic (exact) mass is 271 g/mol. The van der Waals surface area contributed by atoms with Gasteiger partial charge in [-0.25, -0.2) is 4.79 Å². The van der Waals surface area contributed by atoms with E-state index in [4.69, 9.17) is 5.11 Å². The van der Waals surface area contributed by atoms with Gasteiger partial charge in [-0.2, -0.15) is 0 Å². The van der Waals surface area contributed by atoms with E-state index >= 15 is 0 Å². The number of aliphatic carboxylic acids is 1. The largest absolute Gasteiger partial charge is 0.479 e. The van der Waals surface area contributed by atoms with Gasteiger partial charge in [0.25, 0.3) is 0 Å². The first-order valence-corrected chi connectivity index (χ1v) is 6.88. The summed E-state index contributed by atoms with van der Waals surface area (Å²) >= 11 is 0. The van der Waals surface area contributed by atoms with Crippen LogP contribution >= 0.6 is 0 Å². The SMILES string of the molecule is CC(C)(C)CCCC(=O)N1CCC(O)(C(=O)O)CC1.